The summed E-state index contributed by atoms with van der Waals surface area (Å²) in [6, 6.07) is 7.10. The molecule has 0 aromatic heterocycles. The number of rotatable bonds is 3. The predicted molar refractivity (Wildman–Crippen MR) is 75.5 cm³/mol. The van der Waals surface area contributed by atoms with E-state index in [-0.39, 0.29) is 11.4 Å². The molecule has 0 heterocycles. The molecule has 1 N–H and O–H groups in total. The van der Waals surface area contributed by atoms with E-state index < -0.39 is 0 Å². The Hall–Kier alpha value is -0.730. The first-order chi connectivity index (χ1) is 8.67. The molecule has 0 unspecified atom stereocenters. The molecule has 1 aliphatic rings. The molecule has 0 saturated heterocycles. The van der Waals surface area contributed by atoms with Crippen LogP contribution in [-0.2, 0) is 0 Å². The van der Waals surface area contributed by atoms with Crippen LogP contribution < -0.4 is 5.32 Å². The minimum absolute atomic E-state index is 0.122. The SMILES string of the molecule is O=C(NC1(CCl)CCCCC1)c1ccccc1Cl. The lowest BCUT2D eigenvalue weighted by atomic mass is 9.83. The van der Waals surface area contributed by atoms with Gasteiger partial charge in [-0.05, 0) is 25.0 Å². The van der Waals surface area contributed by atoms with Gasteiger partial charge in [0.2, 0.25) is 0 Å². The van der Waals surface area contributed by atoms with Gasteiger partial charge in [-0.2, -0.15) is 0 Å². The number of hydrogen-bond acceptors (Lipinski definition) is 1. The lowest BCUT2D eigenvalue weighted by molar-refractivity contribution is 0.0885. The van der Waals surface area contributed by atoms with Gasteiger partial charge < -0.3 is 5.32 Å². The van der Waals surface area contributed by atoms with E-state index in [1.807, 2.05) is 12.1 Å². The molecule has 0 spiro atoms. The fraction of sp³-hybridized carbons (Fsp3) is 0.500. The van der Waals surface area contributed by atoms with E-state index in [4.69, 9.17) is 23.2 Å². The second-order valence-corrected chi connectivity index (χ2v) is 5.58. The molecule has 1 aromatic carbocycles. The van der Waals surface area contributed by atoms with Gasteiger partial charge in [-0.25, -0.2) is 0 Å². The van der Waals surface area contributed by atoms with E-state index in [1.165, 1.54) is 6.42 Å². The van der Waals surface area contributed by atoms with E-state index in [0.29, 0.717) is 16.5 Å². The number of hydrogen-bond donors (Lipinski definition) is 1. The molecule has 4 heteroatoms. The van der Waals surface area contributed by atoms with Crippen molar-refractivity contribution in [2.45, 2.75) is 37.6 Å². The summed E-state index contributed by atoms with van der Waals surface area (Å²) < 4.78 is 0. The lowest BCUT2D eigenvalue weighted by Gasteiger charge is -2.36. The highest BCUT2D eigenvalue weighted by atomic mass is 35.5. The first kappa shape index (κ1) is 13.7. The van der Waals surface area contributed by atoms with Crippen LogP contribution in [0, 0.1) is 0 Å². The highest BCUT2D eigenvalue weighted by molar-refractivity contribution is 6.33. The van der Waals surface area contributed by atoms with Crippen molar-refractivity contribution in [3.63, 3.8) is 0 Å². The third-order valence-electron chi connectivity index (χ3n) is 3.56. The van der Waals surface area contributed by atoms with Crippen LogP contribution in [0.25, 0.3) is 0 Å². The molecule has 2 rings (SSSR count). The van der Waals surface area contributed by atoms with Crippen LogP contribution in [0.2, 0.25) is 5.02 Å². The van der Waals surface area contributed by atoms with E-state index in [2.05, 4.69) is 5.32 Å². The Morgan fingerprint density at radius 2 is 1.89 bits per heavy atom. The van der Waals surface area contributed by atoms with Crippen LogP contribution in [0.5, 0.6) is 0 Å². The van der Waals surface area contributed by atoms with E-state index in [9.17, 15) is 4.79 Å². The number of carbonyl (C=O) groups excluding carboxylic acids is 1. The number of halogens is 2. The molecule has 98 valence electrons. The fourth-order valence-electron chi connectivity index (χ4n) is 2.47. The first-order valence-corrected chi connectivity index (χ1v) is 7.21. The Bertz CT molecular complexity index is 428. The average molecular weight is 286 g/mol. The Kier molecular flexibility index (Phi) is 4.52. The van der Waals surface area contributed by atoms with Crippen molar-refractivity contribution >= 4 is 29.1 Å². The van der Waals surface area contributed by atoms with Crippen molar-refractivity contribution < 1.29 is 4.79 Å². The Balaban J connectivity index is 2.13. The van der Waals surface area contributed by atoms with Crippen LogP contribution in [0.4, 0.5) is 0 Å². The van der Waals surface area contributed by atoms with Gasteiger partial charge in [0.1, 0.15) is 0 Å². The van der Waals surface area contributed by atoms with Gasteiger partial charge in [0.15, 0.2) is 0 Å². The number of nitrogens with one attached hydrogen (secondary N) is 1. The summed E-state index contributed by atoms with van der Waals surface area (Å²) in [7, 11) is 0. The lowest BCUT2D eigenvalue weighted by Crippen LogP contribution is -2.51. The van der Waals surface area contributed by atoms with Gasteiger partial charge in [-0.3, -0.25) is 4.79 Å². The molecular formula is C14H17Cl2NO. The monoisotopic (exact) mass is 285 g/mol. The highest BCUT2D eigenvalue weighted by Gasteiger charge is 2.33. The van der Waals surface area contributed by atoms with E-state index in [0.717, 1.165) is 25.7 Å². The van der Waals surface area contributed by atoms with Gasteiger partial charge in [-0.15, -0.1) is 11.6 Å². The molecule has 18 heavy (non-hydrogen) atoms. The van der Waals surface area contributed by atoms with Crippen molar-refractivity contribution in [1.82, 2.24) is 5.32 Å². The van der Waals surface area contributed by atoms with Gasteiger partial charge in [0.05, 0.1) is 16.1 Å². The second kappa shape index (κ2) is 5.94. The molecule has 0 atom stereocenters. The Morgan fingerprint density at radius 1 is 1.22 bits per heavy atom. The summed E-state index contributed by atoms with van der Waals surface area (Å²) >= 11 is 12.1. The normalized spacial score (nSPS) is 18.3. The number of carbonyl (C=O) groups is 1. The van der Waals surface area contributed by atoms with Gasteiger partial charge >= 0.3 is 0 Å². The minimum Gasteiger partial charge on any atom is -0.345 e. The average Bonchev–Trinajstić information content (AvgIpc) is 2.40. The summed E-state index contributed by atoms with van der Waals surface area (Å²) in [6.07, 6.45) is 5.37. The number of alkyl halides is 1. The van der Waals surface area contributed by atoms with Gasteiger partial charge in [0.25, 0.3) is 5.91 Å². The smallest absolute Gasteiger partial charge is 0.253 e. The van der Waals surface area contributed by atoms with E-state index >= 15 is 0 Å². The zero-order valence-corrected chi connectivity index (χ0v) is 11.7. The molecule has 0 aliphatic heterocycles. The number of benzene rings is 1. The summed E-state index contributed by atoms with van der Waals surface area (Å²) in [4.78, 5) is 12.2. The van der Waals surface area contributed by atoms with Crippen molar-refractivity contribution in [3.8, 4) is 0 Å². The molecule has 1 amide bonds. The van der Waals surface area contributed by atoms with Crippen LogP contribution >= 0.6 is 23.2 Å². The largest absolute Gasteiger partial charge is 0.345 e. The predicted octanol–water partition coefficient (Wildman–Crippen LogP) is 4.01. The Morgan fingerprint density at radius 3 is 2.50 bits per heavy atom. The van der Waals surface area contributed by atoms with Crippen molar-refractivity contribution in [1.29, 1.82) is 0 Å². The first-order valence-electron chi connectivity index (χ1n) is 6.30. The maximum Gasteiger partial charge on any atom is 0.253 e. The molecule has 2 nitrogen and oxygen atoms in total. The summed E-state index contributed by atoms with van der Waals surface area (Å²) in [6.45, 7) is 0. The van der Waals surface area contributed by atoms with Crippen LogP contribution in [0.3, 0.4) is 0 Å². The van der Waals surface area contributed by atoms with Gasteiger partial charge in [-0.1, -0.05) is 43.0 Å². The fourth-order valence-corrected chi connectivity index (χ4v) is 3.03. The zero-order chi connectivity index (χ0) is 13.0. The minimum atomic E-state index is -0.254. The second-order valence-electron chi connectivity index (χ2n) is 4.91. The third kappa shape index (κ3) is 2.99. The molecule has 1 saturated carbocycles. The maximum atomic E-state index is 12.2. The quantitative estimate of drug-likeness (QED) is 0.836. The number of amides is 1. The molecule has 1 fully saturated rings. The molecular weight excluding hydrogens is 269 g/mol. The van der Waals surface area contributed by atoms with Gasteiger partial charge in [0, 0.05) is 5.88 Å². The van der Waals surface area contributed by atoms with Crippen molar-refractivity contribution in [2.24, 2.45) is 0 Å². The van der Waals surface area contributed by atoms with Crippen LogP contribution in [0.15, 0.2) is 24.3 Å². The maximum absolute atomic E-state index is 12.2. The third-order valence-corrected chi connectivity index (χ3v) is 4.40. The Labute approximate surface area is 118 Å². The standard InChI is InChI=1S/C14H17Cl2NO/c15-10-14(8-4-1-5-9-14)17-13(18)11-6-2-3-7-12(11)16/h2-3,6-7H,1,4-5,8-10H2,(H,17,18). The van der Waals surface area contributed by atoms with E-state index in [1.54, 1.807) is 12.1 Å². The summed E-state index contributed by atoms with van der Waals surface area (Å²) in [5.74, 6) is 0.339. The molecule has 1 aliphatic carbocycles. The zero-order valence-electron chi connectivity index (χ0n) is 10.2. The molecule has 1 aromatic rings. The van der Waals surface area contributed by atoms with Crippen LogP contribution in [-0.4, -0.2) is 17.3 Å². The highest BCUT2D eigenvalue weighted by Crippen LogP contribution is 2.30. The van der Waals surface area contributed by atoms with Crippen molar-refractivity contribution in [2.75, 3.05) is 5.88 Å². The summed E-state index contributed by atoms with van der Waals surface area (Å²) in [5.41, 5.74) is 0.269. The van der Waals surface area contributed by atoms with Crippen LogP contribution in [0.1, 0.15) is 42.5 Å². The molecule has 0 radical (unpaired) electrons. The van der Waals surface area contributed by atoms with Crippen molar-refractivity contribution in [3.05, 3.63) is 34.9 Å². The summed E-state index contributed by atoms with van der Waals surface area (Å²) in [5, 5.41) is 3.57. The molecule has 0 bridgehead atoms. The topological polar surface area (TPSA) is 29.1 Å².